The molecule has 0 bridgehead atoms. The molecule has 202 valence electrons. The van der Waals surface area contributed by atoms with Crippen molar-refractivity contribution in [2.75, 3.05) is 19.6 Å². The van der Waals surface area contributed by atoms with Crippen LogP contribution in [0.4, 0.5) is 13.2 Å². The van der Waals surface area contributed by atoms with Crippen LogP contribution >= 0.6 is 11.6 Å². The normalized spacial score (nSPS) is 23.8. The van der Waals surface area contributed by atoms with Gasteiger partial charge >= 0.3 is 12.1 Å². The second-order valence-corrected chi connectivity index (χ2v) is 11.8. The summed E-state index contributed by atoms with van der Waals surface area (Å²) in [7, 11) is -3.57. The quantitative estimate of drug-likeness (QED) is 0.578. The Hall–Kier alpha value is -2.34. The number of carboxylic acid groups (broad SMARTS) is 1. The van der Waals surface area contributed by atoms with Crippen LogP contribution in [0.2, 0.25) is 5.02 Å². The molecule has 2 heterocycles. The molecule has 1 N–H and O–H groups in total. The summed E-state index contributed by atoms with van der Waals surface area (Å²) in [4.78, 5) is 11.6. The van der Waals surface area contributed by atoms with Crippen LogP contribution in [0.3, 0.4) is 0 Å². The molecule has 7 nitrogen and oxygen atoms in total. The number of hydrogen-bond donors (Lipinski definition) is 1. The zero-order valence-electron chi connectivity index (χ0n) is 19.9. The van der Waals surface area contributed by atoms with Crippen molar-refractivity contribution in [3.63, 3.8) is 0 Å². The van der Waals surface area contributed by atoms with Crippen LogP contribution in [0.1, 0.15) is 31.2 Å². The van der Waals surface area contributed by atoms with E-state index in [0.29, 0.717) is 23.1 Å². The molecule has 12 heteroatoms. The van der Waals surface area contributed by atoms with Crippen LogP contribution in [-0.2, 0) is 21.4 Å². The number of fused-ring (bicyclic) bond motifs is 2. The van der Waals surface area contributed by atoms with Crippen LogP contribution < -0.4 is 4.74 Å². The minimum Gasteiger partial charge on any atom is -0.487 e. The molecular weight excluding hydrogens is 533 g/mol. The number of sulfonamides is 1. The standard InChI is InChI=1S/C23H27ClN2O3S.C2HF3O2/c24-19-5-3-4-18(14-19)15-25-12-10-20-21(11-13-25)29-22-6-1-2-7-23(22)30(27,28)26(20)16-17-8-9-17;3-2(4,5)1(6)7/h1-7,14,17,20-21H,8-13,15-16H2;(H,6,7)/t20-,21-;/m0./s1. The van der Waals surface area contributed by atoms with Crippen molar-refractivity contribution >= 4 is 27.6 Å². The van der Waals surface area contributed by atoms with Gasteiger partial charge in [0.2, 0.25) is 10.0 Å². The van der Waals surface area contributed by atoms with E-state index in [1.165, 1.54) is 5.56 Å². The largest absolute Gasteiger partial charge is 0.490 e. The van der Waals surface area contributed by atoms with Crippen molar-refractivity contribution in [2.45, 2.75) is 55.4 Å². The average molecular weight is 561 g/mol. The van der Waals surface area contributed by atoms with E-state index in [0.717, 1.165) is 50.3 Å². The number of carboxylic acids is 1. The van der Waals surface area contributed by atoms with E-state index in [4.69, 9.17) is 26.2 Å². The van der Waals surface area contributed by atoms with Gasteiger partial charge in [-0.05, 0) is 61.4 Å². The molecule has 1 saturated carbocycles. The molecule has 2 atom stereocenters. The summed E-state index contributed by atoms with van der Waals surface area (Å²) >= 11 is 6.15. The zero-order valence-corrected chi connectivity index (χ0v) is 21.5. The van der Waals surface area contributed by atoms with Crippen LogP contribution in [-0.4, -0.2) is 66.7 Å². The Labute approximate surface area is 218 Å². The number of halogens is 4. The third-order valence-electron chi connectivity index (χ3n) is 6.66. The van der Waals surface area contributed by atoms with Gasteiger partial charge in [0.05, 0.1) is 6.04 Å². The van der Waals surface area contributed by atoms with E-state index < -0.39 is 22.2 Å². The molecule has 2 fully saturated rings. The first kappa shape index (κ1) is 27.7. The molecular formula is C25H28ClF3N2O5S. The lowest BCUT2D eigenvalue weighted by molar-refractivity contribution is -0.192. The summed E-state index contributed by atoms with van der Waals surface area (Å²) in [5, 5.41) is 7.87. The molecule has 1 aliphatic carbocycles. The van der Waals surface area contributed by atoms with Gasteiger partial charge in [0.25, 0.3) is 0 Å². The molecule has 2 aromatic rings. The van der Waals surface area contributed by atoms with Crippen LogP contribution in [0, 0.1) is 5.92 Å². The van der Waals surface area contributed by atoms with E-state index in [1.54, 1.807) is 22.5 Å². The summed E-state index contributed by atoms with van der Waals surface area (Å²) in [6.07, 6.45) is -1.41. The highest BCUT2D eigenvalue weighted by Gasteiger charge is 2.45. The number of hydrogen-bond acceptors (Lipinski definition) is 5. The number of benzene rings is 2. The van der Waals surface area contributed by atoms with Gasteiger partial charge in [0.15, 0.2) is 0 Å². The maximum absolute atomic E-state index is 13.6. The third-order valence-corrected chi connectivity index (χ3v) is 8.82. The number of likely N-dealkylation sites (tertiary alicyclic amines) is 1. The van der Waals surface area contributed by atoms with Crippen molar-refractivity contribution in [1.82, 2.24) is 9.21 Å². The SMILES string of the molecule is O=C(O)C(F)(F)F.O=S1(=O)c2ccccc2O[C@H]2CCN(Cc3cccc(Cl)c3)CC[C@@H]2N1CC1CC1. The highest BCUT2D eigenvalue weighted by atomic mass is 35.5. The Kier molecular flexibility index (Phi) is 8.37. The average Bonchev–Trinajstić information content (AvgIpc) is 3.66. The van der Waals surface area contributed by atoms with Gasteiger partial charge in [0, 0.05) is 31.2 Å². The summed E-state index contributed by atoms with van der Waals surface area (Å²) in [5.41, 5.74) is 1.18. The number of carbonyl (C=O) groups is 1. The summed E-state index contributed by atoms with van der Waals surface area (Å²) < 4.78 is 67.0. The highest BCUT2D eigenvalue weighted by Crippen LogP contribution is 2.40. The molecule has 0 unspecified atom stereocenters. The summed E-state index contributed by atoms with van der Waals surface area (Å²) in [6.45, 7) is 3.12. The Bertz CT molecular complexity index is 1220. The fraction of sp³-hybridized carbons (Fsp3) is 0.480. The van der Waals surface area contributed by atoms with Gasteiger partial charge in [-0.3, -0.25) is 4.90 Å². The van der Waals surface area contributed by atoms with Crippen LogP contribution in [0.25, 0.3) is 0 Å². The predicted molar refractivity (Wildman–Crippen MR) is 131 cm³/mol. The number of alkyl halides is 3. The topological polar surface area (TPSA) is 87.1 Å². The van der Waals surface area contributed by atoms with Gasteiger partial charge in [-0.1, -0.05) is 35.9 Å². The Balaban J connectivity index is 0.000000405. The van der Waals surface area contributed by atoms with E-state index in [2.05, 4.69) is 11.0 Å². The maximum atomic E-state index is 13.6. The van der Waals surface area contributed by atoms with Gasteiger partial charge in [-0.15, -0.1) is 0 Å². The number of ether oxygens (including phenoxy) is 1. The predicted octanol–water partition coefficient (Wildman–Crippen LogP) is 4.80. The number of aliphatic carboxylic acids is 1. The fourth-order valence-electron chi connectivity index (χ4n) is 4.65. The van der Waals surface area contributed by atoms with Crippen LogP contribution in [0.15, 0.2) is 53.4 Å². The second-order valence-electron chi connectivity index (χ2n) is 9.47. The van der Waals surface area contributed by atoms with E-state index in [9.17, 15) is 21.6 Å². The minimum absolute atomic E-state index is 0.132. The van der Waals surface area contributed by atoms with Crippen molar-refractivity contribution < 1.29 is 36.2 Å². The first-order valence-electron chi connectivity index (χ1n) is 12.0. The van der Waals surface area contributed by atoms with E-state index in [1.807, 2.05) is 24.3 Å². The minimum atomic E-state index is -5.08. The van der Waals surface area contributed by atoms with Crippen molar-refractivity contribution in [3.05, 3.63) is 59.1 Å². The molecule has 3 aliphatic rings. The van der Waals surface area contributed by atoms with Gasteiger partial charge < -0.3 is 9.84 Å². The molecule has 1 saturated heterocycles. The number of nitrogens with zero attached hydrogens (tertiary/aromatic N) is 2. The van der Waals surface area contributed by atoms with E-state index >= 15 is 0 Å². The van der Waals surface area contributed by atoms with Crippen LogP contribution in [0.5, 0.6) is 5.75 Å². The highest BCUT2D eigenvalue weighted by molar-refractivity contribution is 7.89. The second kappa shape index (κ2) is 11.2. The lowest BCUT2D eigenvalue weighted by Crippen LogP contribution is -2.48. The fourth-order valence-corrected chi connectivity index (χ4v) is 6.74. The third kappa shape index (κ3) is 6.95. The molecule has 37 heavy (non-hydrogen) atoms. The molecule has 0 amide bonds. The Morgan fingerprint density at radius 1 is 1.05 bits per heavy atom. The smallest absolute Gasteiger partial charge is 0.487 e. The number of rotatable bonds is 4. The molecule has 2 aliphatic heterocycles. The lowest BCUT2D eigenvalue weighted by Gasteiger charge is -2.31. The molecule has 0 radical (unpaired) electrons. The Morgan fingerprint density at radius 3 is 2.38 bits per heavy atom. The molecule has 2 aromatic carbocycles. The van der Waals surface area contributed by atoms with Gasteiger partial charge in [0.1, 0.15) is 16.7 Å². The van der Waals surface area contributed by atoms with Crippen molar-refractivity contribution in [3.8, 4) is 5.75 Å². The van der Waals surface area contributed by atoms with Crippen molar-refractivity contribution in [2.24, 2.45) is 5.92 Å². The summed E-state index contributed by atoms with van der Waals surface area (Å²) in [5.74, 6) is -1.78. The first-order valence-corrected chi connectivity index (χ1v) is 13.8. The molecule has 0 spiro atoms. The van der Waals surface area contributed by atoms with Gasteiger partial charge in [-0.2, -0.15) is 17.5 Å². The first-order chi connectivity index (χ1) is 17.4. The van der Waals surface area contributed by atoms with Gasteiger partial charge in [-0.25, -0.2) is 13.2 Å². The monoisotopic (exact) mass is 560 g/mol. The zero-order chi connectivity index (χ0) is 26.8. The lowest BCUT2D eigenvalue weighted by atomic mass is 10.1. The summed E-state index contributed by atoms with van der Waals surface area (Å²) in [6, 6.07) is 14.9. The van der Waals surface area contributed by atoms with E-state index in [-0.39, 0.29) is 12.1 Å². The molecule has 0 aromatic heterocycles. The maximum Gasteiger partial charge on any atom is 0.490 e. The Morgan fingerprint density at radius 2 is 1.73 bits per heavy atom. The number of para-hydroxylation sites is 1. The molecule has 5 rings (SSSR count). The van der Waals surface area contributed by atoms with Crippen molar-refractivity contribution in [1.29, 1.82) is 0 Å².